The minimum absolute atomic E-state index is 0.218. The number of nitrogens with zero attached hydrogens (tertiary/aromatic N) is 2. The van der Waals surface area contributed by atoms with E-state index in [1.54, 1.807) is 18.3 Å². The number of thiazole rings is 1. The molecule has 2 aromatic heterocycles. The number of nitrogens with two attached hydrogens (primary N) is 1. The summed E-state index contributed by atoms with van der Waals surface area (Å²) in [5.74, 6) is -0.0700. The van der Waals surface area contributed by atoms with Gasteiger partial charge in [-0.2, -0.15) is 0 Å². The van der Waals surface area contributed by atoms with Crippen molar-refractivity contribution in [1.82, 2.24) is 9.97 Å². The van der Waals surface area contributed by atoms with E-state index >= 15 is 0 Å². The third kappa shape index (κ3) is 2.42. The Kier molecular flexibility index (Phi) is 3.06. The minimum Gasteiger partial charge on any atom is -0.383 e. The molecule has 2 rings (SSSR count). The summed E-state index contributed by atoms with van der Waals surface area (Å²) in [6, 6.07) is 3.30. The van der Waals surface area contributed by atoms with Gasteiger partial charge in [0.15, 0.2) is 5.13 Å². The normalized spacial score (nSPS) is 10.2. The molecular weight excluding hydrogens is 236 g/mol. The highest BCUT2D eigenvalue weighted by Gasteiger charge is 2.12. The van der Waals surface area contributed by atoms with E-state index in [1.165, 1.54) is 11.3 Å². The van der Waals surface area contributed by atoms with Crippen LogP contribution < -0.4 is 11.1 Å². The van der Waals surface area contributed by atoms with Gasteiger partial charge in [-0.15, -0.1) is 11.3 Å². The van der Waals surface area contributed by atoms with Gasteiger partial charge in [0, 0.05) is 11.1 Å². The second-order valence-electron chi connectivity index (χ2n) is 3.55. The zero-order chi connectivity index (χ0) is 12.4. The van der Waals surface area contributed by atoms with E-state index in [4.69, 9.17) is 5.73 Å². The molecule has 0 aliphatic rings. The number of aryl methyl sites for hydroxylation is 2. The molecule has 0 aromatic carbocycles. The Labute approximate surface area is 103 Å². The summed E-state index contributed by atoms with van der Waals surface area (Å²) in [4.78, 5) is 21.1. The van der Waals surface area contributed by atoms with Gasteiger partial charge < -0.3 is 5.73 Å². The molecule has 3 N–H and O–H groups in total. The van der Waals surface area contributed by atoms with Crippen LogP contribution in [-0.2, 0) is 0 Å². The van der Waals surface area contributed by atoms with Gasteiger partial charge in [-0.1, -0.05) is 0 Å². The maximum absolute atomic E-state index is 11.9. The molecule has 0 spiro atoms. The van der Waals surface area contributed by atoms with Crippen molar-refractivity contribution in [2.45, 2.75) is 13.8 Å². The van der Waals surface area contributed by atoms with Gasteiger partial charge in [-0.25, -0.2) is 9.97 Å². The summed E-state index contributed by atoms with van der Waals surface area (Å²) in [6.45, 7) is 3.86. The van der Waals surface area contributed by atoms with Gasteiger partial charge in [0.2, 0.25) is 0 Å². The van der Waals surface area contributed by atoms with Crippen LogP contribution >= 0.6 is 11.3 Å². The Bertz CT molecular complexity index is 545. The highest BCUT2D eigenvalue weighted by atomic mass is 32.1. The minimum atomic E-state index is -0.288. The summed E-state index contributed by atoms with van der Waals surface area (Å²) in [6.07, 6.45) is 1.55. The van der Waals surface area contributed by atoms with Crippen LogP contribution in [0.4, 0.5) is 10.9 Å². The van der Waals surface area contributed by atoms with Crippen molar-refractivity contribution >= 4 is 28.2 Å². The first-order valence-electron chi connectivity index (χ1n) is 5.04. The number of carbonyl (C=O) groups is 1. The SMILES string of the molecule is Cc1nc(NC(=O)c2cccnc2N)sc1C. The number of amides is 1. The molecule has 88 valence electrons. The smallest absolute Gasteiger partial charge is 0.261 e. The van der Waals surface area contributed by atoms with E-state index in [2.05, 4.69) is 15.3 Å². The van der Waals surface area contributed by atoms with Crippen LogP contribution in [-0.4, -0.2) is 15.9 Å². The van der Waals surface area contributed by atoms with Crippen molar-refractivity contribution in [3.05, 3.63) is 34.5 Å². The molecule has 6 heteroatoms. The number of hydrogen-bond acceptors (Lipinski definition) is 5. The Hall–Kier alpha value is -1.95. The first-order valence-corrected chi connectivity index (χ1v) is 5.85. The van der Waals surface area contributed by atoms with Gasteiger partial charge in [-0.05, 0) is 26.0 Å². The number of nitrogens with one attached hydrogen (secondary N) is 1. The second-order valence-corrected chi connectivity index (χ2v) is 4.75. The van der Waals surface area contributed by atoms with E-state index < -0.39 is 0 Å². The average molecular weight is 248 g/mol. The molecule has 0 fully saturated rings. The molecule has 2 heterocycles. The Morgan fingerprint density at radius 2 is 2.24 bits per heavy atom. The standard InChI is InChI=1S/C11H12N4OS/c1-6-7(2)17-11(14-6)15-10(16)8-4-3-5-13-9(8)12/h3-5H,1-2H3,(H2,12,13)(H,14,15,16). The zero-order valence-electron chi connectivity index (χ0n) is 9.52. The van der Waals surface area contributed by atoms with Gasteiger partial charge in [0.25, 0.3) is 5.91 Å². The molecule has 2 aromatic rings. The van der Waals surface area contributed by atoms with Crippen LogP contribution in [0.2, 0.25) is 0 Å². The third-order valence-corrected chi connectivity index (χ3v) is 3.32. The lowest BCUT2D eigenvalue weighted by molar-refractivity contribution is 0.102. The lowest BCUT2D eigenvalue weighted by Crippen LogP contribution is -2.14. The molecule has 0 saturated heterocycles. The Morgan fingerprint density at radius 1 is 1.47 bits per heavy atom. The molecule has 0 atom stereocenters. The van der Waals surface area contributed by atoms with Crippen molar-refractivity contribution in [2.75, 3.05) is 11.1 Å². The van der Waals surface area contributed by atoms with Gasteiger partial charge in [0.05, 0.1) is 11.3 Å². The molecule has 0 aliphatic heterocycles. The number of hydrogen-bond donors (Lipinski definition) is 2. The van der Waals surface area contributed by atoms with Crippen molar-refractivity contribution in [3.63, 3.8) is 0 Å². The van der Waals surface area contributed by atoms with Crippen LogP contribution in [0.3, 0.4) is 0 Å². The fourth-order valence-electron chi connectivity index (χ4n) is 1.30. The number of anilines is 2. The number of rotatable bonds is 2. The number of aromatic nitrogens is 2. The van der Waals surface area contributed by atoms with E-state index in [0.717, 1.165) is 10.6 Å². The van der Waals surface area contributed by atoms with Crippen LogP contribution in [0.1, 0.15) is 20.9 Å². The average Bonchev–Trinajstić information content (AvgIpc) is 2.58. The summed E-state index contributed by atoms with van der Waals surface area (Å²) in [7, 11) is 0. The van der Waals surface area contributed by atoms with Crippen LogP contribution in [0.25, 0.3) is 0 Å². The van der Waals surface area contributed by atoms with E-state index in [0.29, 0.717) is 10.7 Å². The van der Waals surface area contributed by atoms with Crippen LogP contribution in [0, 0.1) is 13.8 Å². The Balaban J connectivity index is 2.20. The van der Waals surface area contributed by atoms with Crippen molar-refractivity contribution in [1.29, 1.82) is 0 Å². The molecular formula is C11H12N4OS. The molecule has 17 heavy (non-hydrogen) atoms. The van der Waals surface area contributed by atoms with Crippen LogP contribution in [0.15, 0.2) is 18.3 Å². The van der Waals surface area contributed by atoms with Gasteiger partial charge >= 0.3 is 0 Å². The molecule has 0 radical (unpaired) electrons. The predicted molar refractivity (Wildman–Crippen MR) is 68.2 cm³/mol. The lowest BCUT2D eigenvalue weighted by Gasteiger charge is -2.03. The fourth-order valence-corrected chi connectivity index (χ4v) is 2.11. The van der Waals surface area contributed by atoms with Gasteiger partial charge in [0.1, 0.15) is 5.82 Å². The second kappa shape index (κ2) is 4.50. The maximum Gasteiger partial charge on any atom is 0.261 e. The first-order chi connectivity index (χ1) is 8.08. The topological polar surface area (TPSA) is 80.9 Å². The molecule has 0 unspecified atom stereocenters. The van der Waals surface area contributed by atoms with Crippen molar-refractivity contribution in [3.8, 4) is 0 Å². The zero-order valence-corrected chi connectivity index (χ0v) is 10.3. The molecule has 1 amide bonds. The van der Waals surface area contributed by atoms with Crippen molar-refractivity contribution < 1.29 is 4.79 Å². The maximum atomic E-state index is 11.9. The van der Waals surface area contributed by atoms with Crippen LogP contribution in [0.5, 0.6) is 0 Å². The van der Waals surface area contributed by atoms with Crippen molar-refractivity contribution in [2.24, 2.45) is 0 Å². The fraction of sp³-hybridized carbons (Fsp3) is 0.182. The first kappa shape index (κ1) is 11.5. The van der Waals surface area contributed by atoms with E-state index in [-0.39, 0.29) is 11.7 Å². The number of nitrogen functional groups attached to an aromatic ring is 1. The summed E-state index contributed by atoms with van der Waals surface area (Å²) >= 11 is 1.44. The van der Waals surface area contributed by atoms with E-state index in [9.17, 15) is 4.79 Å². The molecule has 5 nitrogen and oxygen atoms in total. The monoisotopic (exact) mass is 248 g/mol. The van der Waals surface area contributed by atoms with Gasteiger partial charge in [-0.3, -0.25) is 10.1 Å². The summed E-state index contributed by atoms with van der Waals surface area (Å²) in [5, 5.41) is 3.29. The molecule has 0 bridgehead atoms. The largest absolute Gasteiger partial charge is 0.383 e. The molecule has 0 saturated carbocycles. The lowest BCUT2D eigenvalue weighted by atomic mass is 10.2. The quantitative estimate of drug-likeness (QED) is 0.851. The van der Waals surface area contributed by atoms with E-state index in [1.807, 2.05) is 13.8 Å². The highest BCUT2D eigenvalue weighted by molar-refractivity contribution is 7.15. The number of pyridine rings is 1. The predicted octanol–water partition coefficient (Wildman–Crippen LogP) is 1.99. The Morgan fingerprint density at radius 3 is 2.82 bits per heavy atom. The summed E-state index contributed by atoms with van der Waals surface area (Å²) < 4.78 is 0. The third-order valence-electron chi connectivity index (χ3n) is 2.33. The highest BCUT2D eigenvalue weighted by Crippen LogP contribution is 2.22. The summed E-state index contributed by atoms with van der Waals surface area (Å²) in [5.41, 5.74) is 6.90. The number of carbonyl (C=O) groups excluding carboxylic acids is 1. The molecule has 0 aliphatic carbocycles.